The van der Waals surface area contributed by atoms with Crippen LogP contribution >= 0.6 is 27.5 Å². The van der Waals surface area contributed by atoms with Gasteiger partial charge in [0.15, 0.2) is 0 Å². The maximum absolute atomic E-state index is 12.7. The summed E-state index contributed by atoms with van der Waals surface area (Å²) in [6, 6.07) is 13.0. The summed E-state index contributed by atoms with van der Waals surface area (Å²) in [4.78, 5) is 26.8. The summed E-state index contributed by atoms with van der Waals surface area (Å²) in [5.41, 5.74) is 1.20. The SMILES string of the molecule is COCCN1C(=O)C(=O)/C(=C(/O)c2ccc(Cl)cc2)[C@@H]1c1ccc(Br)cc1. The van der Waals surface area contributed by atoms with Crippen molar-refractivity contribution in [1.29, 1.82) is 0 Å². The lowest BCUT2D eigenvalue weighted by molar-refractivity contribution is -0.140. The Morgan fingerprint density at radius 2 is 1.78 bits per heavy atom. The molecule has 0 aliphatic carbocycles. The Kier molecular flexibility index (Phi) is 5.99. The maximum atomic E-state index is 12.7. The predicted octanol–water partition coefficient (Wildman–Crippen LogP) is 4.17. The van der Waals surface area contributed by atoms with Gasteiger partial charge in [0.25, 0.3) is 11.7 Å². The minimum atomic E-state index is -0.716. The molecule has 2 aromatic rings. The molecular formula is C20H17BrClNO4. The van der Waals surface area contributed by atoms with Gasteiger partial charge < -0.3 is 14.7 Å². The first-order valence-corrected chi connectivity index (χ1v) is 9.40. The second-order valence-corrected chi connectivity index (χ2v) is 7.40. The van der Waals surface area contributed by atoms with Gasteiger partial charge in [-0.1, -0.05) is 39.7 Å². The molecule has 0 radical (unpaired) electrons. The van der Waals surface area contributed by atoms with Gasteiger partial charge in [0.1, 0.15) is 5.76 Å². The molecule has 0 saturated carbocycles. The summed E-state index contributed by atoms with van der Waals surface area (Å²) >= 11 is 9.28. The van der Waals surface area contributed by atoms with Crippen molar-refractivity contribution in [2.75, 3.05) is 20.3 Å². The number of nitrogens with zero attached hydrogens (tertiary/aromatic N) is 1. The average Bonchev–Trinajstić information content (AvgIpc) is 2.91. The molecule has 0 unspecified atom stereocenters. The molecule has 1 amide bonds. The number of ketones is 1. The van der Waals surface area contributed by atoms with Gasteiger partial charge in [0, 0.05) is 28.7 Å². The predicted molar refractivity (Wildman–Crippen MR) is 106 cm³/mol. The highest BCUT2D eigenvalue weighted by Crippen LogP contribution is 2.39. The van der Waals surface area contributed by atoms with E-state index in [1.165, 1.54) is 12.0 Å². The van der Waals surface area contributed by atoms with Crippen LogP contribution in [0.4, 0.5) is 0 Å². The standard InChI is InChI=1S/C20H17BrClNO4/c1-27-11-10-23-17(12-2-6-14(21)7-3-12)16(19(25)20(23)26)18(24)13-4-8-15(22)9-5-13/h2-9,17,24H,10-11H2,1H3/b18-16+/t17-/m0/s1. The van der Waals surface area contributed by atoms with E-state index in [0.717, 1.165) is 10.0 Å². The zero-order chi connectivity index (χ0) is 19.6. The van der Waals surface area contributed by atoms with Crippen LogP contribution in [-0.2, 0) is 14.3 Å². The number of hydrogen-bond acceptors (Lipinski definition) is 4. The van der Waals surface area contributed by atoms with Crippen molar-refractivity contribution in [3.05, 3.63) is 74.7 Å². The molecule has 0 aromatic heterocycles. The van der Waals surface area contributed by atoms with Crippen LogP contribution in [0.15, 0.2) is 58.6 Å². The molecule has 1 atom stereocenters. The summed E-state index contributed by atoms with van der Waals surface area (Å²) in [6.45, 7) is 0.514. The summed E-state index contributed by atoms with van der Waals surface area (Å²) in [5, 5.41) is 11.3. The van der Waals surface area contributed by atoms with E-state index in [2.05, 4.69) is 15.9 Å². The highest BCUT2D eigenvalue weighted by atomic mass is 79.9. The first-order chi connectivity index (χ1) is 12.9. The number of hydrogen-bond donors (Lipinski definition) is 1. The van der Waals surface area contributed by atoms with Gasteiger partial charge in [0.2, 0.25) is 0 Å². The third-order valence-electron chi connectivity index (χ3n) is 4.38. The zero-order valence-electron chi connectivity index (χ0n) is 14.5. The average molecular weight is 451 g/mol. The zero-order valence-corrected chi connectivity index (χ0v) is 16.8. The Bertz CT molecular complexity index is 893. The number of benzene rings is 2. The lowest BCUT2D eigenvalue weighted by atomic mass is 9.95. The van der Waals surface area contributed by atoms with Crippen molar-refractivity contribution in [2.24, 2.45) is 0 Å². The van der Waals surface area contributed by atoms with Crippen molar-refractivity contribution in [3.63, 3.8) is 0 Å². The lowest BCUT2D eigenvalue weighted by Crippen LogP contribution is -2.32. The van der Waals surface area contributed by atoms with Crippen molar-refractivity contribution in [1.82, 2.24) is 4.90 Å². The molecule has 1 aliphatic rings. The smallest absolute Gasteiger partial charge is 0.295 e. The quantitative estimate of drug-likeness (QED) is 0.422. The van der Waals surface area contributed by atoms with Gasteiger partial charge >= 0.3 is 0 Å². The summed E-state index contributed by atoms with van der Waals surface area (Å²) in [7, 11) is 1.53. The molecule has 0 spiro atoms. The number of aliphatic hydroxyl groups excluding tert-OH is 1. The third kappa shape index (κ3) is 3.93. The number of aliphatic hydroxyl groups is 1. The normalized spacial score (nSPS) is 18.9. The molecule has 5 nitrogen and oxygen atoms in total. The number of likely N-dealkylation sites (tertiary alicyclic amines) is 1. The van der Waals surface area contributed by atoms with Crippen molar-refractivity contribution in [2.45, 2.75) is 6.04 Å². The van der Waals surface area contributed by atoms with Gasteiger partial charge in [0.05, 0.1) is 18.2 Å². The second-order valence-electron chi connectivity index (χ2n) is 6.04. The number of halogens is 2. The molecule has 0 bridgehead atoms. The first kappa shape index (κ1) is 19.6. The molecule has 2 aromatic carbocycles. The van der Waals surface area contributed by atoms with Crippen LogP contribution in [-0.4, -0.2) is 42.0 Å². The fraction of sp³-hybridized carbons (Fsp3) is 0.200. The van der Waals surface area contributed by atoms with Crippen LogP contribution in [0.5, 0.6) is 0 Å². The van der Waals surface area contributed by atoms with E-state index < -0.39 is 17.7 Å². The second kappa shape index (κ2) is 8.25. The van der Waals surface area contributed by atoms with E-state index >= 15 is 0 Å². The molecule has 1 aliphatic heterocycles. The van der Waals surface area contributed by atoms with Crippen LogP contribution < -0.4 is 0 Å². The molecule has 1 fully saturated rings. The number of carbonyl (C=O) groups is 2. The molecular weight excluding hydrogens is 434 g/mol. The van der Waals surface area contributed by atoms with Gasteiger partial charge in [-0.05, 0) is 42.0 Å². The minimum Gasteiger partial charge on any atom is -0.507 e. The van der Waals surface area contributed by atoms with E-state index in [0.29, 0.717) is 10.6 Å². The van der Waals surface area contributed by atoms with Crippen molar-refractivity contribution >= 4 is 45.0 Å². The first-order valence-electron chi connectivity index (χ1n) is 8.22. The van der Waals surface area contributed by atoms with Crippen molar-refractivity contribution in [3.8, 4) is 0 Å². The van der Waals surface area contributed by atoms with Crippen LogP contribution in [0.2, 0.25) is 5.02 Å². The summed E-state index contributed by atoms with van der Waals surface area (Å²) < 4.78 is 5.95. The molecule has 1 N–H and O–H groups in total. The Morgan fingerprint density at radius 1 is 1.15 bits per heavy atom. The molecule has 1 saturated heterocycles. The monoisotopic (exact) mass is 449 g/mol. The Balaban J connectivity index is 2.14. The van der Waals surface area contributed by atoms with Crippen LogP contribution in [0, 0.1) is 0 Å². The molecule has 7 heteroatoms. The molecule has 3 rings (SSSR count). The van der Waals surface area contributed by atoms with E-state index in [1.54, 1.807) is 24.3 Å². The number of amides is 1. The maximum Gasteiger partial charge on any atom is 0.295 e. The van der Waals surface area contributed by atoms with Crippen LogP contribution in [0.25, 0.3) is 5.76 Å². The number of rotatable bonds is 5. The lowest BCUT2D eigenvalue weighted by Gasteiger charge is -2.25. The van der Waals surface area contributed by atoms with Gasteiger partial charge in [-0.15, -0.1) is 0 Å². The minimum absolute atomic E-state index is 0.0562. The van der Waals surface area contributed by atoms with Crippen LogP contribution in [0.3, 0.4) is 0 Å². The van der Waals surface area contributed by atoms with E-state index in [4.69, 9.17) is 16.3 Å². The number of carbonyl (C=O) groups excluding carboxylic acids is 2. The number of methoxy groups -OCH3 is 1. The Hall–Kier alpha value is -2.15. The van der Waals surface area contributed by atoms with Crippen LogP contribution in [0.1, 0.15) is 17.2 Å². The Morgan fingerprint density at radius 3 is 2.37 bits per heavy atom. The summed E-state index contributed by atoms with van der Waals surface area (Å²) in [5.74, 6) is -1.60. The molecule has 1 heterocycles. The third-order valence-corrected chi connectivity index (χ3v) is 5.16. The Labute approximate surface area is 170 Å². The van der Waals surface area contributed by atoms with E-state index in [-0.39, 0.29) is 24.5 Å². The number of Topliss-reactive ketones (excluding diaryl/α,β-unsaturated/α-hetero) is 1. The fourth-order valence-electron chi connectivity index (χ4n) is 3.06. The highest BCUT2D eigenvalue weighted by molar-refractivity contribution is 9.10. The topological polar surface area (TPSA) is 66.8 Å². The molecule has 27 heavy (non-hydrogen) atoms. The summed E-state index contributed by atoms with van der Waals surface area (Å²) in [6.07, 6.45) is 0. The van der Waals surface area contributed by atoms with Crippen molar-refractivity contribution < 1.29 is 19.4 Å². The fourth-order valence-corrected chi connectivity index (χ4v) is 3.45. The number of ether oxygens (including phenoxy) is 1. The molecule has 140 valence electrons. The van der Waals surface area contributed by atoms with Gasteiger partial charge in [-0.2, -0.15) is 0 Å². The van der Waals surface area contributed by atoms with E-state index in [9.17, 15) is 14.7 Å². The van der Waals surface area contributed by atoms with E-state index in [1.807, 2.05) is 24.3 Å². The highest BCUT2D eigenvalue weighted by Gasteiger charge is 2.45. The van der Waals surface area contributed by atoms with Gasteiger partial charge in [-0.25, -0.2) is 0 Å². The largest absolute Gasteiger partial charge is 0.507 e. The van der Waals surface area contributed by atoms with Gasteiger partial charge in [-0.3, -0.25) is 9.59 Å².